The summed E-state index contributed by atoms with van der Waals surface area (Å²) in [6, 6.07) is 7.89. The van der Waals surface area contributed by atoms with E-state index >= 15 is 0 Å². The number of anilines is 1. The van der Waals surface area contributed by atoms with Crippen molar-refractivity contribution in [3.63, 3.8) is 0 Å². The molecule has 3 amide bonds. The van der Waals surface area contributed by atoms with Crippen molar-refractivity contribution in [1.82, 2.24) is 9.80 Å². The first-order chi connectivity index (χ1) is 19.1. The van der Waals surface area contributed by atoms with Crippen LogP contribution >= 0.6 is 0 Å². The minimum Gasteiger partial charge on any atom is -0.394 e. The maximum absolute atomic E-state index is 14.7. The number of carbonyl (C=O) groups excluding carboxylic acids is 3. The Morgan fingerprint density at radius 3 is 2.33 bits per heavy atom. The number of hydrogen-bond donors (Lipinski definition) is 1. The minimum atomic E-state index is -1.32. The van der Waals surface area contributed by atoms with Crippen LogP contribution in [-0.2, 0) is 19.1 Å². The van der Waals surface area contributed by atoms with Gasteiger partial charge in [-0.3, -0.25) is 14.4 Å². The van der Waals surface area contributed by atoms with Crippen LogP contribution in [0.1, 0.15) is 53.9 Å². The van der Waals surface area contributed by atoms with Crippen molar-refractivity contribution in [3.8, 4) is 0 Å². The predicted molar refractivity (Wildman–Crippen MR) is 153 cm³/mol. The standard InChI is InChI=1S/C32H43N3O5/c1-6-13-22(4)33-18-12-17-32-26(29(38)35(27(32)30(33)39)24(20-36)21(3)7-2)25-28(37)34(23-14-9-8-10-15-23)19-11-16-31(25,5)40-32/h8-12,14-17,21-22,24-27,36H,6-7,13,18-20H2,1-5H3/t21-,22?,24-,25-,26-,27?,31+,32-/m0/s1. The maximum atomic E-state index is 14.7. The Labute approximate surface area is 237 Å². The molecule has 40 heavy (non-hydrogen) atoms. The minimum absolute atomic E-state index is 0.0259. The molecule has 0 radical (unpaired) electrons. The molecule has 0 aliphatic carbocycles. The highest BCUT2D eigenvalue weighted by atomic mass is 16.5. The molecule has 1 aromatic carbocycles. The van der Waals surface area contributed by atoms with Crippen LogP contribution in [0.15, 0.2) is 54.6 Å². The number of fused-ring (bicyclic) bond motifs is 2. The van der Waals surface area contributed by atoms with Gasteiger partial charge in [-0.2, -0.15) is 0 Å². The molecular formula is C32H43N3O5. The fourth-order valence-corrected chi connectivity index (χ4v) is 7.46. The van der Waals surface area contributed by atoms with Gasteiger partial charge in [0.2, 0.25) is 17.7 Å². The molecule has 8 atom stereocenters. The number of nitrogens with zero attached hydrogens (tertiary/aromatic N) is 3. The number of amides is 3. The first-order valence-corrected chi connectivity index (χ1v) is 14.8. The number of likely N-dealkylation sites (tertiary alicyclic amines) is 1. The van der Waals surface area contributed by atoms with Crippen molar-refractivity contribution in [1.29, 1.82) is 0 Å². The van der Waals surface area contributed by atoms with Crippen LogP contribution in [-0.4, -0.2) is 81.7 Å². The number of benzene rings is 1. The molecule has 2 saturated heterocycles. The monoisotopic (exact) mass is 549 g/mol. The Kier molecular flexibility index (Phi) is 7.70. The molecule has 1 aromatic rings. The van der Waals surface area contributed by atoms with Gasteiger partial charge in [0.05, 0.1) is 30.1 Å². The molecule has 8 heteroatoms. The summed E-state index contributed by atoms with van der Waals surface area (Å²) in [6.07, 6.45) is 10.1. The van der Waals surface area contributed by atoms with Crippen molar-refractivity contribution in [2.75, 3.05) is 24.6 Å². The van der Waals surface area contributed by atoms with E-state index in [4.69, 9.17) is 4.74 Å². The Hall–Kier alpha value is -2.97. The van der Waals surface area contributed by atoms with Gasteiger partial charge in [0.1, 0.15) is 11.6 Å². The van der Waals surface area contributed by atoms with Crippen LogP contribution in [0.5, 0.6) is 0 Å². The summed E-state index contributed by atoms with van der Waals surface area (Å²) >= 11 is 0. The fraction of sp³-hybridized carbons (Fsp3) is 0.594. The first-order valence-electron chi connectivity index (χ1n) is 14.8. The van der Waals surface area contributed by atoms with E-state index in [0.29, 0.717) is 13.1 Å². The lowest BCUT2D eigenvalue weighted by atomic mass is 9.74. The zero-order chi connectivity index (χ0) is 28.8. The molecule has 4 aliphatic rings. The predicted octanol–water partition coefficient (Wildman–Crippen LogP) is 3.55. The molecule has 8 nitrogen and oxygen atoms in total. The van der Waals surface area contributed by atoms with E-state index in [1.165, 1.54) is 0 Å². The Morgan fingerprint density at radius 1 is 0.975 bits per heavy atom. The van der Waals surface area contributed by atoms with Gasteiger partial charge < -0.3 is 24.5 Å². The Balaban J connectivity index is 1.67. The fourth-order valence-electron chi connectivity index (χ4n) is 7.46. The van der Waals surface area contributed by atoms with E-state index in [1.807, 2.05) is 87.2 Å². The number of para-hydroxylation sites is 1. The van der Waals surface area contributed by atoms with E-state index in [0.717, 1.165) is 24.9 Å². The number of rotatable bonds is 8. The van der Waals surface area contributed by atoms with E-state index in [9.17, 15) is 19.5 Å². The number of carbonyl (C=O) groups is 3. The zero-order valence-electron chi connectivity index (χ0n) is 24.3. The Bertz CT molecular complexity index is 1200. The summed E-state index contributed by atoms with van der Waals surface area (Å²) in [5, 5.41) is 10.6. The molecule has 2 fully saturated rings. The zero-order valence-corrected chi connectivity index (χ0v) is 24.3. The van der Waals surface area contributed by atoms with Gasteiger partial charge in [0.15, 0.2) is 0 Å². The van der Waals surface area contributed by atoms with Gasteiger partial charge in [0, 0.05) is 24.8 Å². The van der Waals surface area contributed by atoms with Gasteiger partial charge in [-0.05, 0) is 38.3 Å². The quantitative estimate of drug-likeness (QED) is 0.501. The molecule has 1 N–H and O–H groups in total. The van der Waals surface area contributed by atoms with Gasteiger partial charge in [-0.1, -0.05) is 76.1 Å². The number of ether oxygens (including phenoxy) is 1. The summed E-state index contributed by atoms with van der Waals surface area (Å²) in [4.78, 5) is 48.7. The third kappa shape index (κ3) is 4.22. The van der Waals surface area contributed by atoms with Crippen molar-refractivity contribution < 1.29 is 24.2 Å². The number of aliphatic hydroxyl groups is 1. The van der Waals surface area contributed by atoms with Gasteiger partial charge >= 0.3 is 0 Å². The molecule has 0 saturated carbocycles. The average molecular weight is 550 g/mol. The Morgan fingerprint density at radius 2 is 1.68 bits per heavy atom. The third-order valence-corrected chi connectivity index (χ3v) is 9.68. The van der Waals surface area contributed by atoms with Crippen LogP contribution in [0, 0.1) is 17.8 Å². The van der Waals surface area contributed by atoms with Crippen LogP contribution in [0.3, 0.4) is 0 Å². The second-order valence-electron chi connectivity index (χ2n) is 12.1. The smallest absolute Gasteiger partial charge is 0.249 e. The molecule has 2 unspecified atom stereocenters. The topological polar surface area (TPSA) is 90.4 Å². The lowest BCUT2D eigenvalue weighted by Crippen LogP contribution is -2.60. The summed E-state index contributed by atoms with van der Waals surface area (Å²) in [5.41, 5.74) is -1.65. The van der Waals surface area contributed by atoms with Crippen LogP contribution in [0.25, 0.3) is 0 Å². The summed E-state index contributed by atoms with van der Waals surface area (Å²) < 4.78 is 6.94. The van der Waals surface area contributed by atoms with Crippen molar-refractivity contribution in [2.24, 2.45) is 17.8 Å². The summed E-state index contributed by atoms with van der Waals surface area (Å²) in [6.45, 7) is 10.5. The van der Waals surface area contributed by atoms with E-state index in [1.54, 1.807) is 9.80 Å². The van der Waals surface area contributed by atoms with E-state index in [2.05, 4.69) is 6.92 Å². The SMILES string of the molecule is CCCC(C)N1CC=C[C@]23O[C@]4(C)C=CCN(c5ccccc5)C(=O)[C@@H]4[C@H]2C(=O)N([C@@H](CO)[C@@H](C)CC)C3C1=O. The molecule has 216 valence electrons. The van der Waals surface area contributed by atoms with Gasteiger partial charge in [-0.25, -0.2) is 0 Å². The molecule has 0 aromatic heterocycles. The number of aliphatic hydroxyl groups excluding tert-OH is 1. The largest absolute Gasteiger partial charge is 0.394 e. The van der Waals surface area contributed by atoms with Crippen molar-refractivity contribution >= 4 is 23.4 Å². The molecule has 1 spiro atoms. The molecular weight excluding hydrogens is 506 g/mol. The molecule has 0 bridgehead atoms. The highest BCUT2D eigenvalue weighted by Crippen LogP contribution is 2.58. The van der Waals surface area contributed by atoms with Crippen molar-refractivity contribution in [2.45, 2.75) is 83.2 Å². The van der Waals surface area contributed by atoms with Crippen molar-refractivity contribution in [3.05, 3.63) is 54.6 Å². The number of hydrogen-bond acceptors (Lipinski definition) is 5. The molecule has 4 aliphatic heterocycles. The van der Waals surface area contributed by atoms with Crippen LogP contribution < -0.4 is 4.90 Å². The van der Waals surface area contributed by atoms with E-state index < -0.39 is 35.1 Å². The highest BCUT2D eigenvalue weighted by molar-refractivity contribution is 6.04. The second kappa shape index (κ2) is 10.8. The normalized spacial score (nSPS) is 33.8. The van der Waals surface area contributed by atoms with E-state index in [-0.39, 0.29) is 36.3 Å². The van der Waals surface area contributed by atoms with Crippen LogP contribution in [0.2, 0.25) is 0 Å². The first kappa shape index (κ1) is 28.6. The average Bonchev–Trinajstić information content (AvgIpc) is 3.21. The summed E-state index contributed by atoms with van der Waals surface area (Å²) in [7, 11) is 0. The summed E-state index contributed by atoms with van der Waals surface area (Å²) in [5.74, 6) is -2.45. The lowest BCUT2D eigenvalue weighted by molar-refractivity contribution is -0.156. The van der Waals surface area contributed by atoms with Crippen LogP contribution in [0.4, 0.5) is 5.69 Å². The second-order valence-corrected chi connectivity index (χ2v) is 12.1. The highest BCUT2D eigenvalue weighted by Gasteiger charge is 2.75. The third-order valence-electron chi connectivity index (χ3n) is 9.68. The molecule has 4 heterocycles. The maximum Gasteiger partial charge on any atom is 0.249 e. The van der Waals surface area contributed by atoms with Gasteiger partial charge in [-0.15, -0.1) is 0 Å². The molecule has 5 rings (SSSR count). The van der Waals surface area contributed by atoms with Gasteiger partial charge in [0.25, 0.3) is 0 Å². The lowest BCUT2D eigenvalue weighted by Gasteiger charge is -2.42.